The molecule has 0 saturated heterocycles. The molecule has 0 fully saturated rings. The van der Waals surface area contributed by atoms with Gasteiger partial charge in [0, 0.05) is 4.92 Å². The number of aliphatic hydroxyl groups is 1. The maximum absolute atomic E-state index is 10.5. The fraction of sp³-hybridized carbons (Fsp3) is 1.00. The third kappa shape index (κ3) is 7.77. The van der Waals surface area contributed by atoms with Gasteiger partial charge in [-0.25, -0.2) is 0 Å². The first-order valence-corrected chi connectivity index (χ1v) is 5.94. The molecule has 106 valence electrons. The van der Waals surface area contributed by atoms with Gasteiger partial charge >= 0.3 is 0 Å². The summed E-state index contributed by atoms with van der Waals surface area (Å²) in [6, 6.07) is 0. The number of rotatable bonds is 10. The van der Waals surface area contributed by atoms with Crippen LogP contribution in [0.15, 0.2) is 0 Å². The Morgan fingerprint density at radius 1 is 1.33 bits per heavy atom. The van der Waals surface area contributed by atoms with Crippen molar-refractivity contribution in [1.29, 1.82) is 0 Å². The summed E-state index contributed by atoms with van der Waals surface area (Å²) in [4.78, 5) is 24.3. The molecule has 0 aromatic carbocycles. The summed E-state index contributed by atoms with van der Waals surface area (Å²) in [6.45, 7) is 2.87. The van der Waals surface area contributed by atoms with Gasteiger partial charge in [-0.2, -0.15) is 0 Å². The van der Waals surface area contributed by atoms with Gasteiger partial charge < -0.3 is 9.94 Å². The van der Waals surface area contributed by atoms with Gasteiger partial charge in [0.25, 0.3) is 5.09 Å². The molecule has 0 radical (unpaired) electrons. The van der Waals surface area contributed by atoms with Crippen LogP contribution in [0, 0.1) is 20.2 Å². The van der Waals surface area contributed by atoms with Crippen molar-refractivity contribution in [1.82, 2.24) is 0 Å². The lowest BCUT2D eigenvalue weighted by Gasteiger charge is -2.24. The third-order valence-electron chi connectivity index (χ3n) is 2.70. The van der Waals surface area contributed by atoms with E-state index in [0.29, 0.717) is 12.8 Å². The van der Waals surface area contributed by atoms with Crippen LogP contribution in [0.1, 0.15) is 46.0 Å². The first kappa shape index (κ1) is 16.6. The number of hydrogen-bond donors (Lipinski definition) is 1. The van der Waals surface area contributed by atoms with E-state index in [2.05, 4.69) is 4.84 Å². The van der Waals surface area contributed by atoms with E-state index >= 15 is 0 Å². The minimum absolute atomic E-state index is 0.114. The van der Waals surface area contributed by atoms with Gasteiger partial charge in [0.1, 0.15) is 11.7 Å². The van der Waals surface area contributed by atoms with Crippen molar-refractivity contribution in [3.8, 4) is 0 Å². The Bertz CT molecular complexity index is 286. The van der Waals surface area contributed by atoms with Gasteiger partial charge in [-0.05, 0) is 26.2 Å². The van der Waals surface area contributed by atoms with Crippen LogP contribution in [0.25, 0.3) is 0 Å². The zero-order chi connectivity index (χ0) is 14.2. The van der Waals surface area contributed by atoms with Crippen molar-refractivity contribution < 1.29 is 20.0 Å². The molecule has 0 amide bonds. The SMILES string of the molecule is CCCCC(O)(CCC(C)O[N+](=O)[O-])C[N+](=O)[O-]. The summed E-state index contributed by atoms with van der Waals surface area (Å²) in [5.41, 5.74) is -1.41. The second-order valence-corrected chi connectivity index (χ2v) is 4.50. The van der Waals surface area contributed by atoms with Crippen LogP contribution in [0.4, 0.5) is 0 Å². The molecule has 0 bridgehead atoms. The van der Waals surface area contributed by atoms with E-state index in [0.717, 1.165) is 6.42 Å². The molecule has 0 rings (SSSR count). The Hall–Kier alpha value is -1.44. The van der Waals surface area contributed by atoms with Crippen molar-refractivity contribution in [2.24, 2.45) is 0 Å². The summed E-state index contributed by atoms with van der Waals surface area (Å²) >= 11 is 0. The van der Waals surface area contributed by atoms with Gasteiger partial charge in [0.15, 0.2) is 0 Å². The number of nitro groups is 1. The molecule has 8 nitrogen and oxygen atoms in total. The van der Waals surface area contributed by atoms with Crippen molar-refractivity contribution in [2.75, 3.05) is 6.54 Å². The predicted octanol–water partition coefficient (Wildman–Crippen LogP) is 1.56. The summed E-state index contributed by atoms with van der Waals surface area (Å²) < 4.78 is 0. The lowest BCUT2D eigenvalue weighted by molar-refractivity contribution is -0.767. The summed E-state index contributed by atoms with van der Waals surface area (Å²) in [6.07, 6.45) is 1.45. The fourth-order valence-electron chi connectivity index (χ4n) is 1.70. The molecule has 2 unspecified atom stereocenters. The lowest BCUT2D eigenvalue weighted by Crippen LogP contribution is -2.38. The second-order valence-electron chi connectivity index (χ2n) is 4.50. The quantitative estimate of drug-likeness (QED) is 0.472. The second kappa shape index (κ2) is 7.80. The van der Waals surface area contributed by atoms with Crippen LogP contribution in [-0.2, 0) is 4.84 Å². The van der Waals surface area contributed by atoms with E-state index in [-0.39, 0.29) is 12.8 Å². The molecular formula is C10H20N2O6. The molecule has 0 spiro atoms. The molecule has 0 saturated carbocycles. The third-order valence-corrected chi connectivity index (χ3v) is 2.70. The molecule has 0 aliphatic carbocycles. The molecule has 8 heteroatoms. The lowest BCUT2D eigenvalue weighted by atomic mass is 9.90. The Morgan fingerprint density at radius 3 is 2.39 bits per heavy atom. The van der Waals surface area contributed by atoms with Gasteiger partial charge in [-0.1, -0.05) is 19.8 Å². The Balaban J connectivity index is 4.30. The van der Waals surface area contributed by atoms with E-state index in [1.807, 2.05) is 6.92 Å². The molecule has 1 N–H and O–H groups in total. The number of hydrogen-bond acceptors (Lipinski definition) is 6. The van der Waals surface area contributed by atoms with Crippen LogP contribution in [-0.4, -0.2) is 33.4 Å². The van der Waals surface area contributed by atoms with Crippen LogP contribution in [0.3, 0.4) is 0 Å². The van der Waals surface area contributed by atoms with Crippen LogP contribution >= 0.6 is 0 Å². The van der Waals surface area contributed by atoms with Crippen LogP contribution in [0.2, 0.25) is 0 Å². The Kier molecular flexibility index (Phi) is 7.18. The highest BCUT2D eigenvalue weighted by molar-refractivity contribution is 4.78. The maximum Gasteiger partial charge on any atom is 0.294 e. The van der Waals surface area contributed by atoms with Gasteiger partial charge in [0.05, 0.1) is 0 Å². The predicted molar refractivity (Wildman–Crippen MR) is 63.1 cm³/mol. The first-order valence-electron chi connectivity index (χ1n) is 5.94. The largest absolute Gasteiger partial charge is 0.383 e. The van der Waals surface area contributed by atoms with E-state index in [1.165, 1.54) is 6.92 Å². The minimum Gasteiger partial charge on any atom is -0.383 e. The highest BCUT2D eigenvalue weighted by Gasteiger charge is 2.32. The monoisotopic (exact) mass is 264 g/mol. The summed E-state index contributed by atoms with van der Waals surface area (Å²) in [5, 5.41) is 29.8. The zero-order valence-electron chi connectivity index (χ0n) is 10.7. The number of nitrogens with zero attached hydrogens (tertiary/aromatic N) is 2. The topological polar surface area (TPSA) is 116 Å². The van der Waals surface area contributed by atoms with E-state index in [9.17, 15) is 25.3 Å². The molecule has 2 atom stereocenters. The molecule has 18 heavy (non-hydrogen) atoms. The highest BCUT2D eigenvalue weighted by Crippen LogP contribution is 2.22. The first-order chi connectivity index (χ1) is 8.29. The molecular weight excluding hydrogens is 244 g/mol. The molecule has 0 aliphatic heterocycles. The van der Waals surface area contributed by atoms with Gasteiger partial charge in [-0.15, -0.1) is 10.1 Å². The highest BCUT2D eigenvalue weighted by atomic mass is 17.0. The molecule has 0 aromatic rings. The Morgan fingerprint density at radius 2 is 1.94 bits per heavy atom. The maximum atomic E-state index is 10.5. The van der Waals surface area contributed by atoms with Crippen molar-refractivity contribution in [2.45, 2.75) is 57.7 Å². The Labute approximate surface area is 105 Å². The number of unbranched alkanes of at least 4 members (excludes halogenated alkanes) is 1. The standard InChI is InChI=1S/C10H20N2O6/c1-3-4-6-10(13,8-11(14)15)7-5-9(2)18-12(16)17/h9,13H,3-8H2,1-2H3. The molecule has 0 heterocycles. The molecule has 0 aliphatic rings. The average molecular weight is 264 g/mol. The van der Waals surface area contributed by atoms with Crippen LogP contribution in [0.5, 0.6) is 0 Å². The fourth-order valence-corrected chi connectivity index (χ4v) is 1.70. The van der Waals surface area contributed by atoms with E-state index in [4.69, 9.17) is 0 Å². The summed E-state index contributed by atoms with van der Waals surface area (Å²) in [5.74, 6) is 0. The zero-order valence-corrected chi connectivity index (χ0v) is 10.7. The van der Waals surface area contributed by atoms with Crippen molar-refractivity contribution in [3.05, 3.63) is 20.2 Å². The van der Waals surface area contributed by atoms with Crippen molar-refractivity contribution >= 4 is 0 Å². The normalized spacial score (nSPS) is 15.7. The average Bonchev–Trinajstić information content (AvgIpc) is 2.22. The van der Waals surface area contributed by atoms with Gasteiger partial charge in [-0.3, -0.25) is 10.1 Å². The van der Waals surface area contributed by atoms with Gasteiger partial charge in [0.2, 0.25) is 6.54 Å². The smallest absolute Gasteiger partial charge is 0.294 e. The van der Waals surface area contributed by atoms with Crippen molar-refractivity contribution in [3.63, 3.8) is 0 Å². The summed E-state index contributed by atoms with van der Waals surface area (Å²) in [7, 11) is 0. The van der Waals surface area contributed by atoms with E-state index in [1.54, 1.807) is 0 Å². The minimum atomic E-state index is -1.41. The van der Waals surface area contributed by atoms with Crippen LogP contribution < -0.4 is 0 Å². The molecule has 0 aromatic heterocycles. The van der Waals surface area contributed by atoms with E-state index < -0.39 is 28.3 Å².